The molecule has 0 saturated carbocycles. The van der Waals surface area contributed by atoms with Crippen molar-refractivity contribution in [3.05, 3.63) is 58.7 Å². The Morgan fingerprint density at radius 2 is 1.82 bits per heavy atom. The van der Waals surface area contributed by atoms with Crippen LogP contribution in [0.4, 0.5) is 0 Å². The maximum absolute atomic E-state index is 12.9. The van der Waals surface area contributed by atoms with Crippen LogP contribution >= 0.6 is 0 Å². The van der Waals surface area contributed by atoms with Gasteiger partial charge in [-0.2, -0.15) is 0 Å². The molecule has 178 valence electrons. The topological polar surface area (TPSA) is 99.3 Å². The van der Waals surface area contributed by atoms with Crippen molar-refractivity contribution in [2.45, 2.75) is 72.2 Å². The highest BCUT2D eigenvalue weighted by Crippen LogP contribution is 2.47. The molecule has 0 amide bonds. The van der Waals surface area contributed by atoms with Crippen molar-refractivity contribution < 1.29 is 33.4 Å². The van der Waals surface area contributed by atoms with Crippen molar-refractivity contribution in [2.75, 3.05) is 6.61 Å². The number of ether oxygens (including phenoxy) is 3. The molecule has 0 radical (unpaired) electrons. The number of allylic oxidation sites excluding steroid dienone is 7. The van der Waals surface area contributed by atoms with Gasteiger partial charge in [-0.1, -0.05) is 41.0 Å². The number of Topliss-reactive ketones (excluding diaryl/α,β-unsaturated/α-hetero) is 1. The molecule has 0 aromatic carbocycles. The molecule has 0 bridgehead atoms. The molecule has 1 saturated heterocycles. The number of epoxide rings is 1. The van der Waals surface area contributed by atoms with Gasteiger partial charge >= 0.3 is 11.9 Å². The SMILES string of the molecule is CC(=O)OCC1=CC(=O)C2(C(/C=C(C)/C=C/C=C(\C)CCC=C(C)C)OC(C)=O)OC2C1=O. The lowest BCUT2D eigenvalue weighted by Gasteiger charge is -2.23. The van der Waals surface area contributed by atoms with Crippen LogP contribution in [0, 0.1) is 0 Å². The average Bonchev–Trinajstić information content (AvgIpc) is 3.46. The van der Waals surface area contributed by atoms with Gasteiger partial charge in [0.2, 0.25) is 5.60 Å². The standard InChI is InChI=1S/C26H32O7/c1-16(2)9-7-10-17(3)11-8-12-18(4)13-23(32-20(6)28)26-22(29)14-21(15-31-19(5)27)24(30)25(26)33-26/h8-9,11-14,23,25H,7,10,15H2,1-6H3/b12-8+,17-11+,18-13+. The van der Waals surface area contributed by atoms with Crippen LogP contribution in [0.5, 0.6) is 0 Å². The normalized spacial score (nSPS) is 23.6. The molecule has 3 unspecified atom stereocenters. The predicted octanol–water partition coefficient (Wildman–Crippen LogP) is 3.89. The van der Waals surface area contributed by atoms with E-state index in [0.717, 1.165) is 24.5 Å². The maximum Gasteiger partial charge on any atom is 0.303 e. The molecule has 7 heteroatoms. The van der Waals surface area contributed by atoms with Gasteiger partial charge in [-0.3, -0.25) is 19.2 Å². The summed E-state index contributed by atoms with van der Waals surface area (Å²) in [6.45, 7) is 10.1. The molecule has 2 rings (SSSR count). The van der Waals surface area contributed by atoms with Crippen LogP contribution in [0.2, 0.25) is 0 Å². The largest absolute Gasteiger partial charge is 0.461 e. The zero-order valence-electron chi connectivity index (χ0n) is 20.1. The van der Waals surface area contributed by atoms with Gasteiger partial charge in [-0.05, 0) is 52.7 Å². The minimum atomic E-state index is -1.58. The second-order valence-corrected chi connectivity index (χ2v) is 8.60. The molecule has 0 spiro atoms. The lowest BCUT2D eigenvalue weighted by Crippen LogP contribution is -2.46. The number of fused-ring (bicyclic) bond motifs is 1. The molecule has 33 heavy (non-hydrogen) atoms. The number of rotatable bonds is 10. The fourth-order valence-corrected chi connectivity index (χ4v) is 3.51. The summed E-state index contributed by atoms with van der Waals surface area (Å²) in [4.78, 5) is 48.3. The quantitative estimate of drug-likeness (QED) is 0.213. The third kappa shape index (κ3) is 6.96. The zero-order chi connectivity index (χ0) is 24.8. The Kier molecular flexibility index (Phi) is 8.88. The van der Waals surface area contributed by atoms with Crippen LogP contribution < -0.4 is 0 Å². The summed E-state index contributed by atoms with van der Waals surface area (Å²) in [6, 6.07) is 0. The smallest absolute Gasteiger partial charge is 0.303 e. The van der Waals surface area contributed by atoms with E-state index in [1.165, 1.54) is 25.0 Å². The van der Waals surface area contributed by atoms with Crippen molar-refractivity contribution >= 4 is 23.5 Å². The third-order valence-corrected chi connectivity index (χ3v) is 5.28. The van der Waals surface area contributed by atoms with Crippen LogP contribution in [0.3, 0.4) is 0 Å². The Morgan fingerprint density at radius 1 is 1.12 bits per heavy atom. The van der Waals surface area contributed by atoms with Gasteiger partial charge in [0, 0.05) is 19.4 Å². The van der Waals surface area contributed by atoms with Crippen LogP contribution in [0.25, 0.3) is 0 Å². The lowest BCUT2D eigenvalue weighted by molar-refractivity contribution is -0.149. The number of hydrogen-bond donors (Lipinski definition) is 0. The molecule has 1 heterocycles. The summed E-state index contributed by atoms with van der Waals surface area (Å²) in [6.07, 6.45) is 10.4. The molecule has 0 aromatic rings. The minimum absolute atomic E-state index is 0.0595. The first-order valence-electron chi connectivity index (χ1n) is 10.9. The Labute approximate surface area is 194 Å². The van der Waals surface area contributed by atoms with Gasteiger partial charge in [0.15, 0.2) is 23.8 Å². The van der Waals surface area contributed by atoms with Gasteiger partial charge in [0.1, 0.15) is 6.61 Å². The van der Waals surface area contributed by atoms with E-state index in [1.807, 2.05) is 25.2 Å². The highest BCUT2D eigenvalue weighted by molar-refractivity contribution is 6.19. The van der Waals surface area contributed by atoms with Gasteiger partial charge in [-0.15, -0.1) is 0 Å². The summed E-state index contributed by atoms with van der Waals surface area (Å²) in [5.41, 5.74) is 1.74. The van der Waals surface area contributed by atoms with Crippen LogP contribution in [-0.4, -0.2) is 47.9 Å². The summed E-state index contributed by atoms with van der Waals surface area (Å²) in [7, 11) is 0. The van der Waals surface area contributed by atoms with Crippen molar-refractivity contribution in [1.29, 1.82) is 0 Å². The van der Waals surface area contributed by atoms with Crippen LogP contribution in [0.15, 0.2) is 58.7 Å². The number of carbonyl (C=O) groups is 4. The Morgan fingerprint density at radius 3 is 2.42 bits per heavy atom. The molecule has 1 aliphatic carbocycles. The minimum Gasteiger partial charge on any atom is -0.461 e. The second kappa shape index (κ2) is 11.2. The molecule has 0 N–H and O–H groups in total. The van der Waals surface area contributed by atoms with Crippen molar-refractivity contribution in [3.63, 3.8) is 0 Å². The van der Waals surface area contributed by atoms with E-state index in [9.17, 15) is 19.2 Å². The fraction of sp³-hybridized carbons (Fsp3) is 0.462. The summed E-state index contributed by atoms with van der Waals surface area (Å²) < 4.78 is 15.8. The van der Waals surface area contributed by atoms with Crippen molar-refractivity contribution in [2.24, 2.45) is 0 Å². The van der Waals surface area contributed by atoms with Gasteiger partial charge in [0.25, 0.3) is 0 Å². The first kappa shape index (κ1) is 26.2. The van der Waals surface area contributed by atoms with E-state index in [-0.39, 0.29) is 12.2 Å². The summed E-state index contributed by atoms with van der Waals surface area (Å²) in [5.74, 6) is -2.11. The van der Waals surface area contributed by atoms with Gasteiger partial charge in [0.05, 0.1) is 0 Å². The van der Waals surface area contributed by atoms with E-state index in [2.05, 4.69) is 26.8 Å². The van der Waals surface area contributed by atoms with Crippen molar-refractivity contribution in [1.82, 2.24) is 0 Å². The van der Waals surface area contributed by atoms with Crippen LogP contribution in [-0.2, 0) is 33.4 Å². The van der Waals surface area contributed by atoms with Crippen LogP contribution in [0.1, 0.15) is 54.4 Å². The third-order valence-electron chi connectivity index (χ3n) is 5.28. The Bertz CT molecular complexity index is 973. The first-order chi connectivity index (χ1) is 15.5. The molecule has 1 aliphatic heterocycles. The van der Waals surface area contributed by atoms with E-state index in [1.54, 1.807) is 6.08 Å². The lowest BCUT2D eigenvalue weighted by atomic mass is 9.83. The van der Waals surface area contributed by atoms with Gasteiger partial charge in [-0.25, -0.2) is 0 Å². The molecule has 0 aromatic heterocycles. The summed E-state index contributed by atoms with van der Waals surface area (Å²) >= 11 is 0. The van der Waals surface area contributed by atoms with Crippen molar-refractivity contribution in [3.8, 4) is 0 Å². The molecule has 2 aliphatic rings. The molecule has 3 atom stereocenters. The highest BCUT2D eigenvalue weighted by atomic mass is 16.7. The van der Waals surface area contributed by atoms with E-state index in [0.29, 0.717) is 0 Å². The molecular formula is C26H32O7. The zero-order valence-corrected chi connectivity index (χ0v) is 20.1. The maximum atomic E-state index is 12.9. The predicted molar refractivity (Wildman–Crippen MR) is 123 cm³/mol. The van der Waals surface area contributed by atoms with E-state index in [4.69, 9.17) is 14.2 Å². The van der Waals surface area contributed by atoms with E-state index < -0.39 is 41.3 Å². The fourth-order valence-electron chi connectivity index (χ4n) is 3.51. The molecule has 7 nitrogen and oxygen atoms in total. The Balaban J connectivity index is 2.18. The molecular weight excluding hydrogens is 424 g/mol. The highest BCUT2D eigenvalue weighted by Gasteiger charge is 2.72. The Hall–Kier alpha value is -3.06. The monoisotopic (exact) mass is 456 g/mol. The average molecular weight is 457 g/mol. The number of hydrogen-bond acceptors (Lipinski definition) is 7. The molecule has 1 fully saturated rings. The van der Waals surface area contributed by atoms with Gasteiger partial charge < -0.3 is 14.2 Å². The number of ketones is 2. The summed E-state index contributed by atoms with van der Waals surface area (Å²) in [5, 5.41) is 0. The second-order valence-electron chi connectivity index (χ2n) is 8.60. The number of carbonyl (C=O) groups excluding carboxylic acids is 4. The number of esters is 2. The van der Waals surface area contributed by atoms with E-state index >= 15 is 0 Å². The first-order valence-corrected chi connectivity index (χ1v) is 10.9.